The van der Waals surface area contributed by atoms with Gasteiger partial charge in [0.15, 0.2) is 0 Å². The molecule has 0 saturated heterocycles. The first-order chi connectivity index (χ1) is 10.3. The summed E-state index contributed by atoms with van der Waals surface area (Å²) in [7, 11) is 0. The number of nitrogens with one attached hydrogen (secondary N) is 2. The molecule has 0 spiro atoms. The number of rotatable bonds is 3. The van der Waals surface area contributed by atoms with E-state index in [4.69, 9.17) is 0 Å². The number of carbonyl (C=O) groups excluding carboxylic acids is 1. The number of amides is 1. The summed E-state index contributed by atoms with van der Waals surface area (Å²) in [6.45, 7) is 2.95. The zero-order valence-electron chi connectivity index (χ0n) is 12.2. The molecule has 0 aliphatic carbocycles. The Morgan fingerprint density at radius 3 is 2.76 bits per heavy atom. The molecule has 3 rings (SSSR count). The number of hydrogen-bond donors (Lipinski definition) is 2. The van der Waals surface area contributed by atoms with Crippen molar-refractivity contribution in [3.63, 3.8) is 0 Å². The van der Waals surface area contributed by atoms with E-state index in [1.165, 1.54) is 5.56 Å². The Labute approximate surface area is 125 Å². The van der Waals surface area contributed by atoms with Crippen LogP contribution in [0.15, 0.2) is 48.5 Å². The van der Waals surface area contributed by atoms with E-state index in [9.17, 15) is 4.79 Å². The lowest BCUT2D eigenvalue weighted by molar-refractivity contribution is -0.117. The van der Waals surface area contributed by atoms with E-state index in [1.807, 2.05) is 49.4 Å². The van der Waals surface area contributed by atoms with Crippen LogP contribution in [0, 0.1) is 0 Å². The Balaban J connectivity index is 1.79. The summed E-state index contributed by atoms with van der Waals surface area (Å²) in [6.07, 6.45) is 2.12. The van der Waals surface area contributed by atoms with Gasteiger partial charge in [-0.2, -0.15) is 0 Å². The van der Waals surface area contributed by atoms with E-state index < -0.39 is 0 Å². The van der Waals surface area contributed by atoms with Crippen LogP contribution in [0.25, 0.3) is 0 Å². The summed E-state index contributed by atoms with van der Waals surface area (Å²) in [5, 5.41) is 6.48. The van der Waals surface area contributed by atoms with E-state index in [0.717, 1.165) is 36.3 Å². The van der Waals surface area contributed by atoms with Crippen LogP contribution in [0.5, 0.6) is 0 Å². The molecule has 1 unspecified atom stereocenters. The van der Waals surface area contributed by atoms with Gasteiger partial charge in [0.2, 0.25) is 5.91 Å². The third kappa shape index (κ3) is 2.92. The second-order valence-corrected chi connectivity index (χ2v) is 5.48. The molecule has 1 atom stereocenters. The molecule has 1 aliphatic rings. The summed E-state index contributed by atoms with van der Waals surface area (Å²) < 4.78 is 0. The molecule has 3 heteroatoms. The van der Waals surface area contributed by atoms with Gasteiger partial charge in [-0.1, -0.05) is 36.4 Å². The average molecular weight is 280 g/mol. The SMILES string of the molecule is CC(C(=O)Nc1cccc2c1CCCN2)c1ccccc1. The molecule has 0 bridgehead atoms. The van der Waals surface area contributed by atoms with Crippen LogP contribution in [0.3, 0.4) is 0 Å². The van der Waals surface area contributed by atoms with Crippen molar-refractivity contribution in [1.29, 1.82) is 0 Å². The van der Waals surface area contributed by atoms with Gasteiger partial charge < -0.3 is 10.6 Å². The van der Waals surface area contributed by atoms with E-state index in [0.29, 0.717) is 0 Å². The van der Waals surface area contributed by atoms with E-state index in [1.54, 1.807) is 0 Å². The van der Waals surface area contributed by atoms with Crippen LogP contribution in [-0.4, -0.2) is 12.5 Å². The second-order valence-electron chi connectivity index (χ2n) is 5.48. The third-order valence-corrected chi connectivity index (χ3v) is 4.05. The van der Waals surface area contributed by atoms with Gasteiger partial charge in [-0.25, -0.2) is 0 Å². The molecule has 0 radical (unpaired) electrons. The number of anilines is 2. The van der Waals surface area contributed by atoms with Crippen LogP contribution in [0.1, 0.15) is 30.4 Å². The molecular weight excluding hydrogens is 260 g/mol. The van der Waals surface area contributed by atoms with Crippen molar-refractivity contribution in [2.24, 2.45) is 0 Å². The Kier molecular flexibility index (Phi) is 3.91. The van der Waals surface area contributed by atoms with Gasteiger partial charge in [-0.15, -0.1) is 0 Å². The van der Waals surface area contributed by atoms with E-state index in [2.05, 4.69) is 16.7 Å². The smallest absolute Gasteiger partial charge is 0.231 e. The molecular formula is C18H20N2O. The minimum atomic E-state index is -0.154. The van der Waals surface area contributed by atoms with Gasteiger partial charge in [-0.05, 0) is 43.0 Å². The van der Waals surface area contributed by atoms with Gasteiger partial charge in [0.05, 0.1) is 5.92 Å². The number of hydrogen-bond acceptors (Lipinski definition) is 2. The van der Waals surface area contributed by atoms with Crippen molar-refractivity contribution < 1.29 is 4.79 Å². The fourth-order valence-corrected chi connectivity index (χ4v) is 2.76. The van der Waals surface area contributed by atoms with Crippen molar-refractivity contribution in [1.82, 2.24) is 0 Å². The summed E-state index contributed by atoms with van der Waals surface area (Å²) in [6, 6.07) is 15.9. The maximum atomic E-state index is 12.5. The van der Waals surface area contributed by atoms with Crippen LogP contribution >= 0.6 is 0 Å². The Morgan fingerprint density at radius 2 is 1.95 bits per heavy atom. The summed E-state index contributed by atoms with van der Waals surface area (Å²) in [5.74, 6) is -0.112. The van der Waals surface area contributed by atoms with E-state index in [-0.39, 0.29) is 11.8 Å². The van der Waals surface area contributed by atoms with Crippen molar-refractivity contribution in [3.05, 3.63) is 59.7 Å². The standard InChI is InChI=1S/C18H20N2O/c1-13(14-7-3-2-4-8-14)18(21)20-17-11-5-10-16-15(17)9-6-12-19-16/h2-5,7-8,10-11,13,19H,6,9,12H2,1H3,(H,20,21). The Bertz CT molecular complexity index is 637. The molecule has 2 aromatic rings. The molecule has 0 saturated carbocycles. The lowest BCUT2D eigenvalue weighted by Gasteiger charge is -2.22. The van der Waals surface area contributed by atoms with Crippen molar-refractivity contribution >= 4 is 17.3 Å². The van der Waals surface area contributed by atoms with E-state index >= 15 is 0 Å². The normalized spacial score (nSPS) is 14.7. The highest BCUT2D eigenvalue weighted by Gasteiger charge is 2.18. The molecule has 1 aliphatic heterocycles. The molecule has 21 heavy (non-hydrogen) atoms. The minimum Gasteiger partial charge on any atom is -0.385 e. The zero-order valence-corrected chi connectivity index (χ0v) is 12.2. The maximum Gasteiger partial charge on any atom is 0.231 e. The molecule has 1 heterocycles. The van der Waals surface area contributed by atoms with Gasteiger partial charge >= 0.3 is 0 Å². The largest absolute Gasteiger partial charge is 0.385 e. The maximum absolute atomic E-state index is 12.5. The number of fused-ring (bicyclic) bond motifs is 1. The van der Waals surface area contributed by atoms with Crippen LogP contribution in [-0.2, 0) is 11.2 Å². The highest BCUT2D eigenvalue weighted by Crippen LogP contribution is 2.29. The Morgan fingerprint density at radius 1 is 1.14 bits per heavy atom. The average Bonchev–Trinajstić information content (AvgIpc) is 2.55. The molecule has 108 valence electrons. The first-order valence-electron chi connectivity index (χ1n) is 7.47. The van der Waals surface area contributed by atoms with Gasteiger partial charge in [0, 0.05) is 17.9 Å². The topological polar surface area (TPSA) is 41.1 Å². The zero-order chi connectivity index (χ0) is 14.7. The highest BCUT2D eigenvalue weighted by molar-refractivity contribution is 5.97. The highest BCUT2D eigenvalue weighted by atomic mass is 16.1. The summed E-state index contributed by atoms with van der Waals surface area (Å²) >= 11 is 0. The predicted molar refractivity (Wildman–Crippen MR) is 86.7 cm³/mol. The predicted octanol–water partition coefficient (Wildman–Crippen LogP) is 3.79. The summed E-state index contributed by atoms with van der Waals surface area (Å²) in [5.41, 5.74) is 4.34. The molecule has 2 aromatic carbocycles. The fourth-order valence-electron chi connectivity index (χ4n) is 2.76. The first-order valence-corrected chi connectivity index (χ1v) is 7.47. The van der Waals surface area contributed by atoms with Gasteiger partial charge in [0.1, 0.15) is 0 Å². The lowest BCUT2D eigenvalue weighted by Crippen LogP contribution is -2.21. The van der Waals surface area contributed by atoms with Gasteiger partial charge in [0.25, 0.3) is 0 Å². The fraction of sp³-hybridized carbons (Fsp3) is 0.278. The van der Waals surface area contributed by atoms with Gasteiger partial charge in [-0.3, -0.25) is 4.79 Å². The molecule has 0 aromatic heterocycles. The van der Waals surface area contributed by atoms with Crippen molar-refractivity contribution in [2.75, 3.05) is 17.2 Å². The molecule has 2 N–H and O–H groups in total. The second kappa shape index (κ2) is 6.00. The van der Waals surface area contributed by atoms with Crippen LogP contribution in [0.4, 0.5) is 11.4 Å². The van der Waals surface area contributed by atoms with Crippen LogP contribution in [0.2, 0.25) is 0 Å². The number of carbonyl (C=O) groups is 1. The lowest BCUT2D eigenvalue weighted by atomic mass is 9.98. The molecule has 1 amide bonds. The third-order valence-electron chi connectivity index (χ3n) is 4.05. The van der Waals surface area contributed by atoms with Crippen LogP contribution < -0.4 is 10.6 Å². The minimum absolute atomic E-state index is 0.0418. The monoisotopic (exact) mass is 280 g/mol. The number of benzene rings is 2. The summed E-state index contributed by atoms with van der Waals surface area (Å²) in [4.78, 5) is 12.5. The van der Waals surface area contributed by atoms with Crippen molar-refractivity contribution in [3.8, 4) is 0 Å². The first kappa shape index (κ1) is 13.7. The molecule has 0 fully saturated rings. The Hall–Kier alpha value is -2.29. The van der Waals surface area contributed by atoms with Crippen molar-refractivity contribution in [2.45, 2.75) is 25.7 Å². The quantitative estimate of drug-likeness (QED) is 0.898. The molecule has 3 nitrogen and oxygen atoms in total.